The maximum absolute atomic E-state index is 12.4. The number of hydrogen-bond donors (Lipinski definition) is 7. The van der Waals surface area contributed by atoms with Crippen molar-refractivity contribution >= 4 is 33.6 Å². The summed E-state index contributed by atoms with van der Waals surface area (Å²) in [5, 5.41) is 14.3. The van der Waals surface area contributed by atoms with Crippen molar-refractivity contribution < 1.29 is 42.3 Å². The molecule has 0 atom stereocenters. The van der Waals surface area contributed by atoms with Gasteiger partial charge in [-0.25, -0.2) is 0 Å². The molecule has 15 nitrogen and oxygen atoms in total. The molecular weight excluding hydrogens is 530 g/mol. The molecule has 0 aliphatic heterocycles. The third-order valence-corrected chi connectivity index (χ3v) is 9.44. The predicted molar refractivity (Wildman–Crippen MR) is 145 cm³/mol. The average molecular weight is 579 g/mol. The van der Waals surface area contributed by atoms with Crippen LogP contribution in [0.3, 0.4) is 0 Å². The second-order valence-corrected chi connectivity index (χ2v) is 13.2. The van der Waals surface area contributed by atoms with Crippen LogP contribution in [0, 0.1) is 0 Å². The standard InChI is InChI=1S/C20H48N6O9P2/c1-6-21-9-7-18(27)23-12-11-22-10-8-19(28)24-13-14-25-20(29)15-26(16-36(30,32-2)33-3)17-37(31,34-4)35-5/h21-22,30-31,36-37H,6-17H2,1-5H3,(H,23,27)(H,24,28)(H,25,29). The summed E-state index contributed by atoms with van der Waals surface area (Å²) in [5.74, 6) is -0.586. The topological polar surface area (TPSA) is 192 Å². The van der Waals surface area contributed by atoms with Crippen molar-refractivity contribution in [3.05, 3.63) is 0 Å². The van der Waals surface area contributed by atoms with Crippen LogP contribution in [-0.2, 0) is 32.5 Å². The van der Waals surface area contributed by atoms with Gasteiger partial charge >= 0.3 is 160 Å². The predicted octanol–water partition coefficient (Wildman–Crippen LogP) is -1.91. The van der Waals surface area contributed by atoms with Gasteiger partial charge in [-0.1, -0.05) is 6.92 Å². The zero-order valence-electron chi connectivity index (χ0n) is 22.7. The van der Waals surface area contributed by atoms with E-state index in [9.17, 15) is 24.2 Å². The summed E-state index contributed by atoms with van der Waals surface area (Å²) in [6, 6.07) is 0. The first-order chi connectivity index (χ1) is 17.6. The van der Waals surface area contributed by atoms with Crippen LogP contribution in [0.25, 0.3) is 0 Å². The Morgan fingerprint density at radius 1 is 0.649 bits per heavy atom. The normalized spacial score (nSPS) is 12.9. The van der Waals surface area contributed by atoms with E-state index in [0.717, 1.165) is 6.54 Å². The first-order valence-corrected chi connectivity index (χ1v) is 16.1. The minimum atomic E-state index is -3.58. The number of nitrogens with one attached hydrogen (secondary N) is 5. The van der Waals surface area contributed by atoms with Crippen molar-refractivity contribution in [1.82, 2.24) is 31.5 Å². The van der Waals surface area contributed by atoms with E-state index in [2.05, 4.69) is 26.6 Å². The van der Waals surface area contributed by atoms with Crippen LogP contribution in [0.4, 0.5) is 0 Å². The van der Waals surface area contributed by atoms with E-state index >= 15 is 0 Å². The fourth-order valence-electron chi connectivity index (χ4n) is 2.99. The van der Waals surface area contributed by atoms with Crippen molar-refractivity contribution in [2.75, 3.05) is 93.4 Å². The van der Waals surface area contributed by atoms with E-state index < -0.39 is 21.8 Å². The second-order valence-electron chi connectivity index (χ2n) is 8.04. The molecule has 222 valence electrons. The molecule has 0 rings (SSSR count). The molecule has 7 N–H and O–H groups in total. The van der Waals surface area contributed by atoms with Crippen LogP contribution in [0.15, 0.2) is 0 Å². The summed E-state index contributed by atoms with van der Waals surface area (Å²) >= 11 is 0. The summed E-state index contributed by atoms with van der Waals surface area (Å²) in [7, 11) is -1.96. The van der Waals surface area contributed by atoms with Crippen LogP contribution in [0.5, 0.6) is 0 Å². The van der Waals surface area contributed by atoms with Gasteiger partial charge in [0.25, 0.3) is 0 Å². The van der Waals surface area contributed by atoms with Crippen LogP contribution < -0.4 is 26.6 Å². The molecule has 0 aromatic heterocycles. The number of carbonyl (C=O) groups excluding carboxylic acids is 3. The minimum absolute atomic E-state index is 0.0176. The molecule has 0 saturated heterocycles. The van der Waals surface area contributed by atoms with Crippen molar-refractivity contribution in [1.29, 1.82) is 0 Å². The van der Waals surface area contributed by atoms with Gasteiger partial charge < -0.3 is 10.6 Å². The molecule has 17 heteroatoms. The van der Waals surface area contributed by atoms with Gasteiger partial charge in [-0.3, -0.25) is 4.79 Å². The quantitative estimate of drug-likeness (QED) is 0.0527. The van der Waals surface area contributed by atoms with Crippen LogP contribution in [0.2, 0.25) is 0 Å². The Kier molecular flexibility index (Phi) is 20.2. The number of nitrogens with zero attached hydrogens (tertiary/aromatic N) is 1. The van der Waals surface area contributed by atoms with E-state index in [1.165, 1.54) is 33.3 Å². The molecule has 0 spiro atoms. The zero-order chi connectivity index (χ0) is 28.2. The van der Waals surface area contributed by atoms with Gasteiger partial charge in [0.15, 0.2) is 0 Å². The van der Waals surface area contributed by atoms with Gasteiger partial charge in [-0.15, -0.1) is 0 Å². The number of carbonyl (C=O) groups is 3. The van der Waals surface area contributed by atoms with Gasteiger partial charge in [0.05, 0.1) is 0 Å². The monoisotopic (exact) mass is 578 g/mol. The Balaban J connectivity index is 4.23. The fraction of sp³-hybridized carbons (Fsp3) is 0.850. The molecule has 0 aliphatic carbocycles. The Morgan fingerprint density at radius 3 is 1.49 bits per heavy atom. The van der Waals surface area contributed by atoms with E-state index in [4.69, 9.17) is 18.1 Å². The average Bonchev–Trinajstić information content (AvgIpc) is 2.88. The van der Waals surface area contributed by atoms with Gasteiger partial charge in [0, 0.05) is 26.1 Å². The first-order valence-electron chi connectivity index (χ1n) is 12.2. The van der Waals surface area contributed by atoms with Crippen molar-refractivity contribution in [2.24, 2.45) is 0 Å². The molecular formula is C20H48N6O9P2. The van der Waals surface area contributed by atoms with Gasteiger partial charge in [-0.2, -0.15) is 0 Å². The van der Waals surface area contributed by atoms with Crippen molar-refractivity contribution in [2.45, 2.75) is 19.8 Å². The molecule has 0 saturated carbocycles. The van der Waals surface area contributed by atoms with E-state index in [1.54, 1.807) is 0 Å². The molecule has 0 aromatic rings. The molecule has 0 bridgehead atoms. The first kappa shape index (κ1) is 35.9. The zero-order valence-corrected chi connectivity index (χ0v) is 24.7. The maximum atomic E-state index is 12.4. The van der Waals surface area contributed by atoms with Gasteiger partial charge in [-0.05, 0) is 6.54 Å². The molecule has 0 aliphatic rings. The van der Waals surface area contributed by atoms with E-state index in [1.807, 2.05) is 6.92 Å². The summed E-state index contributed by atoms with van der Waals surface area (Å²) in [4.78, 5) is 58.2. The Hall–Kier alpha value is -1.09. The second kappa shape index (κ2) is 20.8. The summed E-state index contributed by atoms with van der Waals surface area (Å²) in [6.07, 6.45) is 0.432. The Morgan fingerprint density at radius 2 is 1.05 bits per heavy atom. The van der Waals surface area contributed by atoms with E-state index in [0.29, 0.717) is 32.6 Å². The Bertz CT molecular complexity index is 638. The molecule has 37 heavy (non-hydrogen) atoms. The third-order valence-electron chi connectivity index (χ3n) is 5.19. The molecule has 0 radical (unpaired) electrons. The number of hydrogen-bond acceptors (Lipinski definition) is 12. The van der Waals surface area contributed by atoms with Gasteiger partial charge in [0.1, 0.15) is 0 Å². The van der Waals surface area contributed by atoms with Gasteiger partial charge in [0.2, 0.25) is 5.91 Å². The third kappa shape index (κ3) is 17.9. The summed E-state index contributed by atoms with van der Waals surface area (Å²) < 4.78 is 20.3. The fourth-order valence-corrected chi connectivity index (χ4v) is 5.64. The Labute approximate surface area is 220 Å². The molecule has 0 unspecified atom stereocenters. The molecule has 3 amide bonds. The molecule has 0 aromatic carbocycles. The van der Waals surface area contributed by atoms with Crippen molar-refractivity contribution in [3.8, 4) is 0 Å². The molecule has 0 fully saturated rings. The van der Waals surface area contributed by atoms with Crippen LogP contribution in [-0.4, -0.2) is 126 Å². The summed E-state index contributed by atoms with van der Waals surface area (Å²) in [5.41, 5.74) is 0. The van der Waals surface area contributed by atoms with Crippen LogP contribution in [0.1, 0.15) is 19.8 Å². The van der Waals surface area contributed by atoms with Crippen LogP contribution >= 0.6 is 15.9 Å². The number of rotatable bonds is 23. The summed E-state index contributed by atoms with van der Waals surface area (Å²) in [6.45, 7) is 5.19. The van der Waals surface area contributed by atoms with E-state index in [-0.39, 0.29) is 50.4 Å². The van der Waals surface area contributed by atoms with Crippen molar-refractivity contribution in [3.63, 3.8) is 0 Å². The molecule has 0 heterocycles. The number of amides is 3. The SMILES string of the molecule is CCNCCC(=O)NCCNCCC(=O)NCCNC(=O)CN(C[PH](O)(OC)OC)C[PH](O)(OC)OC.